The maximum Gasteiger partial charge on any atom is 0.119 e. The predicted octanol–water partition coefficient (Wildman–Crippen LogP) is 13.8. The molecule has 0 fully saturated rings. The van der Waals surface area contributed by atoms with Crippen LogP contribution in [0.3, 0.4) is 0 Å². The first-order valence-corrected chi connectivity index (χ1v) is 20.2. The Hall–Kier alpha value is -5.86. The van der Waals surface area contributed by atoms with Gasteiger partial charge in [0.15, 0.2) is 0 Å². The summed E-state index contributed by atoms with van der Waals surface area (Å²) in [6.07, 6.45) is 0.993. The van der Waals surface area contributed by atoms with Crippen LogP contribution in [-0.4, -0.2) is 7.11 Å². The van der Waals surface area contributed by atoms with Gasteiger partial charge in [0, 0.05) is 33.3 Å². The summed E-state index contributed by atoms with van der Waals surface area (Å²) in [7, 11) is 1.79. The van der Waals surface area contributed by atoms with E-state index >= 15 is 0 Å². The topological polar surface area (TPSA) is 12.5 Å². The first-order chi connectivity index (χ1) is 26.9. The van der Waals surface area contributed by atoms with Crippen LogP contribution in [0.5, 0.6) is 5.75 Å². The van der Waals surface area contributed by atoms with Crippen LogP contribution in [0.4, 0.5) is 17.1 Å². The molecule has 274 valence electrons. The van der Waals surface area contributed by atoms with E-state index in [4.69, 9.17) is 4.74 Å². The largest absolute Gasteiger partial charge is 0.497 e. The summed E-state index contributed by atoms with van der Waals surface area (Å²) in [5.74, 6) is 0.910. The molecule has 4 aliphatic carbocycles. The lowest BCUT2D eigenvalue weighted by Gasteiger charge is -2.33. The molecule has 0 saturated carbocycles. The first kappa shape index (κ1) is 33.5. The molecule has 2 heteroatoms. The van der Waals surface area contributed by atoms with E-state index in [2.05, 4.69) is 192 Å². The van der Waals surface area contributed by atoms with Crippen molar-refractivity contribution in [3.05, 3.63) is 190 Å². The number of rotatable bonds is 4. The zero-order valence-electron chi connectivity index (χ0n) is 33.4. The minimum atomic E-state index is -0.301. The summed E-state index contributed by atoms with van der Waals surface area (Å²) in [4.78, 5) is 2.53. The maximum absolute atomic E-state index is 5.91. The fourth-order valence-corrected chi connectivity index (χ4v) is 11.5. The van der Waals surface area contributed by atoms with Crippen molar-refractivity contribution in [1.29, 1.82) is 0 Å². The Kier molecular flexibility index (Phi) is 6.65. The third-order valence-corrected chi connectivity index (χ3v) is 14.2. The van der Waals surface area contributed by atoms with Gasteiger partial charge in [0.05, 0.1) is 7.11 Å². The van der Waals surface area contributed by atoms with Crippen molar-refractivity contribution in [3.63, 3.8) is 0 Å². The summed E-state index contributed by atoms with van der Waals surface area (Å²) in [6, 6.07) is 55.4. The van der Waals surface area contributed by atoms with Crippen molar-refractivity contribution in [2.45, 2.75) is 69.6 Å². The molecule has 0 bridgehead atoms. The van der Waals surface area contributed by atoms with Gasteiger partial charge < -0.3 is 9.64 Å². The van der Waals surface area contributed by atoms with Gasteiger partial charge in [-0.05, 0) is 138 Å². The number of fused-ring (bicyclic) bond motifs is 13. The van der Waals surface area contributed by atoms with Crippen molar-refractivity contribution < 1.29 is 4.74 Å². The van der Waals surface area contributed by atoms with E-state index in [0.717, 1.165) is 12.2 Å². The minimum Gasteiger partial charge on any atom is -0.497 e. The highest BCUT2D eigenvalue weighted by Gasteiger charge is 2.54. The molecule has 2 nitrogen and oxygen atoms in total. The molecular formula is C54H47NO. The molecule has 1 spiro atoms. The van der Waals surface area contributed by atoms with Gasteiger partial charge in [-0.3, -0.25) is 0 Å². The van der Waals surface area contributed by atoms with Crippen LogP contribution in [0.2, 0.25) is 0 Å². The summed E-state index contributed by atoms with van der Waals surface area (Å²) < 4.78 is 5.91. The molecule has 1 atom stereocenters. The van der Waals surface area contributed by atoms with E-state index in [1.165, 1.54) is 95.0 Å². The van der Waals surface area contributed by atoms with Crippen molar-refractivity contribution in [3.8, 4) is 39.1 Å². The van der Waals surface area contributed by atoms with Crippen LogP contribution in [0, 0.1) is 0 Å². The number of hydrogen-bond acceptors (Lipinski definition) is 2. The molecular weight excluding hydrogens is 679 g/mol. The van der Waals surface area contributed by atoms with E-state index < -0.39 is 0 Å². The highest BCUT2D eigenvalue weighted by Crippen LogP contribution is 2.64. The second-order valence-electron chi connectivity index (χ2n) is 18.3. The second-order valence-corrected chi connectivity index (χ2v) is 18.3. The fraction of sp³-hybridized carbons (Fsp3) is 0.222. The highest BCUT2D eigenvalue weighted by atomic mass is 16.5. The van der Waals surface area contributed by atoms with Gasteiger partial charge in [-0.15, -0.1) is 0 Å². The van der Waals surface area contributed by atoms with Crippen LogP contribution in [-0.2, 0) is 21.7 Å². The Morgan fingerprint density at radius 2 is 0.821 bits per heavy atom. The van der Waals surface area contributed by atoms with Crippen molar-refractivity contribution in [1.82, 2.24) is 0 Å². The second kappa shape index (κ2) is 11.1. The number of ether oxygens (including phenoxy) is 1. The molecule has 0 N–H and O–H groups in total. The molecule has 0 amide bonds. The molecule has 0 aromatic heterocycles. The van der Waals surface area contributed by atoms with E-state index in [1.807, 2.05) is 0 Å². The third-order valence-electron chi connectivity index (χ3n) is 14.2. The Morgan fingerprint density at radius 1 is 0.393 bits per heavy atom. The molecule has 11 rings (SSSR count). The molecule has 0 heterocycles. The lowest BCUT2D eigenvalue weighted by atomic mass is 9.71. The standard InChI is InChI=1S/C54H47NO/c1-51(2)32-54(50-31-36(56-7)23-27-46(50)51)45-19-13-10-16-39(45)42-26-22-35(30-49(42)54)55(33-20-24-40-37-14-8-11-17-43(37)52(3,4)47(40)28-33)34-21-25-41-38-15-9-12-18-44(38)53(5,6)48(41)29-34/h8-31H,32H2,1-7H3. The van der Waals surface area contributed by atoms with E-state index in [0.29, 0.717) is 0 Å². The van der Waals surface area contributed by atoms with Crippen molar-refractivity contribution in [2.24, 2.45) is 0 Å². The molecule has 56 heavy (non-hydrogen) atoms. The Balaban J connectivity index is 1.16. The summed E-state index contributed by atoms with van der Waals surface area (Å²) in [5.41, 5.74) is 22.1. The molecule has 7 aromatic carbocycles. The van der Waals surface area contributed by atoms with Crippen LogP contribution >= 0.6 is 0 Å². The Morgan fingerprint density at radius 3 is 1.34 bits per heavy atom. The quantitative estimate of drug-likeness (QED) is 0.179. The predicted molar refractivity (Wildman–Crippen MR) is 232 cm³/mol. The third kappa shape index (κ3) is 4.22. The molecule has 0 radical (unpaired) electrons. The Bertz CT molecular complexity index is 2710. The average molecular weight is 726 g/mol. The molecule has 0 saturated heterocycles. The smallest absolute Gasteiger partial charge is 0.119 e. The van der Waals surface area contributed by atoms with Crippen molar-refractivity contribution >= 4 is 17.1 Å². The number of anilines is 3. The summed E-state index contributed by atoms with van der Waals surface area (Å²) in [6.45, 7) is 14.3. The highest BCUT2D eigenvalue weighted by molar-refractivity contribution is 5.91. The molecule has 7 aromatic rings. The first-order valence-electron chi connectivity index (χ1n) is 20.2. The molecule has 1 unspecified atom stereocenters. The average Bonchev–Trinajstić information content (AvgIpc) is 3.80. The van der Waals surface area contributed by atoms with Gasteiger partial charge in [-0.2, -0.15) is 0 Å². The normalized spacial score (nSPS) is 19.1. The molecule has 4 aliphatic rings. The molecule has 0 aliphatic heterocycles. The van der Waals surface area contributed by atoms with Gasteiger partial charge in [0.25, 0.3) is 0 Å². The van der Waals surface area contributed by atoms with Crippen LogP contribution < -0.4 is 9.64 Å². The van der Waals surface area contributed by atoms with Crippen LogP contribution in [0.25, 0.3) is 33.4 Å². The van der Waals surface area contributed by atoms with Gasteiger partial charge in [-0.25, -0.2) is 0 Å². The van der Waals surface area contributed by atoms with Gasteiger partial charge in [-0.1, -0.05) is 139 Å². The van der Waals surface area contributed by atoms with E-state index in [-0.39, 0.29) is 21.7 Å². The monoisotopic (exact) mass is 725 g/mol. The maximum atomic E-state index is 5.91. The number of benzene rings is 7. The van der Waals surface area contributed by atoms with Crippen LogP contribution in [0.1, 0.15) is 92.5 Å². The van der Waals surface area contributed by atoms with Crippen molar-refractivity contribution in [2.75, 3.05) is 12.0 Å². The van der Waals surface area contributed by atoms with Crippen LogP contribution in [0.15, 0.2) is 146 Å². The van der Waals surface area contributed by atoms with E-state index in [1.54, 1.807) is 7.11 Å². The number of methoxy groups -OCH3 is 1. The summed E-state index contributed by atoms with van der Waals surface area (Å²) in [5, 5.41) is 0. The van der Waals surface area contributed by atoms with Gasteiger partial charge in [0.2, 0.25) is 0 Å². The number of hydrogen-bond donors (Lipinski definition) is 0. The zero-order chi connectivity index (χ0) is 38.4. The zero-order valence-corrected chi connectivity index (χ0v) is 33.4. The Labute approximate surface area is 331 Å². The lowest BCUT2D eigenvalue weighted by Crippen LogP contribution is -2.26. The fourth-order valence-electron chi connectivity index (χ4n) is 11.5. The van der Waals surface area contributed by atoms with Gasteiger partial charge in [0.1, 0.15) is 5.75 Å². The number of nitrogens with zero attached hydrogens (tertiary/aromatic N) is 1. The minimum absolute atomic E-state index is 0.0207. The van der Waals surface area contributed by atoms with E-state index in [9.17, 15) is 0 Å². The van der Waals surface area contributed by atoms with Gasteiger partial charge >= 0.3 is 0 Å². The summed E-state index contributed by atoms with van der Waals surface area (Å²) >= 11 is 0. The lowest BCUT2D eigenvalue weighted by molar-refractivity contribution is 0.413. The SMILES string of the molecule is COc1ccc2c(c1)C1(CC2(C)C)c2ccccc2-c2ccc(N(c3ccc4c(c3)C(C)(C)c3ccccc3-4)c3ccc4c(c3)C(C)(C)c3ccccc3-4)cc21.